The highest BCUT2D eigenvalue weighted by atomic mass is 16.3. The minimum absolute atomic E-state index is 0.154. The van der Waals surface area contributed by atoms with Gasteiger partial charge >= 0.3 is 0 Å². The summed E-state index contributed by atoms with van der Waals surface area (Å²) in [5.74, 6) is 2.06. The molecule has 0 aliphatic carbocycles. The Bertz CT molecular complexity index is 522. The summed E-state index contributed by atoms with van der Waals surface area (Å²) in [5, 5.41) is 3.64. The number of hydrogen-bond acceptors (Lipinski definition) is 2. The minimum atomic E-state index is 0.154. The summed E-state index contributed by atoms with van der Waals surface area (Å²) in [5.41, 5.74) is 1.48. The highest BCUT2D eigenvalue weighted by Crippen LogP contribution is 2.32. The summed E-state index contributed by atoms with van der Waals surface area (Å²) in [6.45, 7) is 9.65. The van der Waals surface area contributed by atoms with Crippen LogP contribution in [0.2, 0.25) is 0 Å². The van der Waals surface area contributed by atoms with Crippen LogP contribution in [0.1, 0.15) is 50.8 Å². The number of hydrogen-bond donors (Lipinski definition) is 1. The average molecular weight is 271 g/mol. The molecule has 1 aromatic heterocycles. The van der Waals surface area contributed by atoms with Crippen LogP contribution in [0.5, 0.6) is 0 Å². The van der Waals surface area contributed by atoms with Crippen LogP contribution in [0.3, 0.4) is 0 Å². The Balaban J connectivity index is 2.09. The number of nitrogens with one attached hydrogen (secondary N) is 1. The molecular weight excluding hydrogens is 246 g/mol. The molecule has 2 nitrogen and oxygen atoms in total. The van der Waals surface area contributed by atoms with Crippen molar-refractivity contribution in [3.8, 4) is 0 Å². The lowest BCUT2D eigenvalue weighted by Gasteiger charge is -2.32. The summed E-state index contributed by atoms with van der Waals surface area (Å²) in [7, 11) is 0. The Kier molecular flexibility index (Phi) is 4.66. The maximum absolute atomic E-state index is 5.77. The Morgan fingerprint density at radius 2 is 1.65 bits per heavy atom. The van der Waals surface area contributed by atoms with E-state index in [4.69, 9.17) is 4.42 Å². The molecule has 2 rings (SSSR count). The van der Waals surface area contributed by atoms with E-state index in [-0.39, 0.29) is 5.41 Å². The molecule has 1 aromatic carbocycles. The van der Waals surface area contributed by atoms with Crippen LogP contribution in [0.15, 0.2) is 46.9 Å². The summed E-state index contributed by atoms with van der Waals surface area (Å²) in [4.78, 5) is 0. The van der Waals surface area contributed by atoms with Crippen LogP contribution in [-0.2, 0) is 13.0 Å². The Morgan fingerprint density at radius 3 is 2.20 bits per heavy atom. The molecule has 0 saturated heterocycles. The van der Waals surface area contributed by atoms with Gasteiger partial charge in [0.1, 0.15) is 11.5 Å². The number of benzene rings is 1. The molecule has 2 aromatic rings. The van der Waals surface area contributed by atoms with Crippen molar-refractivity contribution in [2.45, 2.75) is 46.7 Å². The van der Waals surface area contributed by atoms with Crippen LogP contribution >= 0.6 is 0 Å². The lowest BCUT2D eigenvalue weighted by molar-refractivity contribution is 0.263. The molecule has 2 heteroatoms. The smallest absolute Gasteiger partial charge is 0.117 e. The second-order valence-electron chi connectivity index (χ2n) is 6.31. The number of rotatable bonds is 5. The van der Waals surface area contributed by atoms with Gasteiger partial charge in [-0.05, 0) is 23.1 Å². The van der Waals surface area contributed by atoms with E-state index in [2.05, 4.69) is 75.5 Å². The normalized spacial score (nSPS) is 13.4. The van der Waals surface area contributed by atoms with Gasteiger partial charge in [-0.25, -0.2) is 0 Å². The van der Waals surface area contributed by atoms with Crippen molar-refractivity contribution in [1.82, 2.24) is 5.32 Å². The van der Waals surface area contributed by atoms with Crippen molar-refractivity contribution in [1.29, 1.82) is 0 Å². The first-order chi connectivity index (χ1) is 9.50. The van der Waals surface area contributed by atoms with Gasteiger partial charge in [-0.2, -0.15) is 0 Å². The quantitative estimate of drug-likeness (QED) is 0.851. The Labute approximate surface area is 122 Å². The summed E-state index contributed by atoms with van der Waals surface area (Å²) in [6.07, 6.45) is 0.946. The molecule has 0 radical (unpaired) electrons. The largest absolute Gasteiger partial charge is 0.465 e. The molecule has 0 fully saturated rings. The maximum atomic E-state index is 5.77. The van der Waals surface area contributed by atoms with Gasteiger partial charge in [-0.3, -0.25) is 0 Å². The fraction of sp³-hybridized carbons (Fsp3) is 0.444. The monoisotopic (exact) mass is 271 g/mol. The van der Waals surface area contributed by atoms with Gasteiger partial charge in [0.05, 0.1) is 6.54 Å². The zero-order chi connectivity index (χ0) is 14.6. The van der Waals surface area contributed by atoms with E-state index in [1.165, 1.54) is 5.56 Å². The highest BCUT2D eigenvalue weighted by Gasteiger charge is 2.25. The van der Waals surface area contributed by atoms with Crippen molar-refractivity contribution in [3.05, 3.63) is 59.5 Å². The van der Waals surface area contributed by atoms with Gasteiger partial charge in [0.25, 0.3) is 0 Å². The molecule has 1 atom stereocenters. The molecule has 0 saturated carbocycles. The molecule has 0 spiro atoms. The molecule has 1 heterocycles. The SMILES string of the molecule is CCc1ccc(CNC(c2ccccc2)C(C)(C)C)o1. The highest BCUT2D eigenvalue weighted by molar-refractivity contribution is 5.21. The van der Waals surface area contributed by atoms with E-state index in [1.54, 1.807) is 0 Å². The average Bonchev–Trinajstić information content (AvgIpc) is 2.87. The summed E-state index contributed by atoms with van der Waals surface area (Å²) >= 11 is 0. The van der Waals surface area contributed by atoms with Crippen LogP contribution in [0.4, 0.5) is 0 Å². The lowest BCUT2D eigenvalue weighted by Crippen LogP contribution is -2.31. The van der Waals surface area contributed by atoms with Gasteiger partial charge in [0.2, 0.25) is 0 Å². The van der Waals surface area contributed by atoms with Gasteiger partial charge in [0, 0.05) is 12.5 Å². The van der Waals surface area contributed by atoms with Crippen LogP contribution in [0.25, 0.3) is 0 Å². The molecule has 0 aliphatic rings. The van der Waals surface area contributed by atoms with Crippen molar-refractivity contribution in [2.24, 2.45) is 5.41 Å². The molecule has 108 valence electrons. The van der Waals surface area contributed by atoms with Crippen molar-refractivity contribution >= 4 is 0 Å². The third-order valence-electron chi connectivity index (χ3n) is 3.55. The molecule has 0 amide bonds. The Morgan fingerprint density at radius 1 is 1.00 bits per heavy atom. The van der Waals surface area contributed by atoms with Crippen molar-refractivity contribution in [3.63, 3.8) is 0 Å². The third kappa shape index (κ3) is 3.73. The summed E-state index contributed by atoms with van der Waals surface area (Å²) in [6, 6.07) is 15.0. The molecule has 0 aliphatic heterocycles. The molecule has 20 heavy (non-hydrogen) atoms. The molecular formula is C18H25NO. The standard InChI is InChI=1S/C18H25NO/c1-5-15-11-12-16(20-15)13-19-17(18(2,3)4)14-9-7-6-8-10-14/h6-12,17,19H,5,13H2,1-4H3. The predicted octanol–water partition coefficient (Wildman–Crippen LogP) is 4.72. The number of aryl methyl sites for hydroxylation is 1. The number of furan rings is 1. The van der Waals surface area contributed by atoms with Crippen LogP contribution in [0, 0.1) is 5.41 Å². The van der Waals surface area contributed by atoms with Crippen molar-refractivity contribution in [2.75, 3.05) is 0 Å². The van der Waals surface area contributed by atoms with E-state index >= 15 is 0 Å². The predicted molar refractivity (Wildman–Crippen MR) is 83.6 cm³/mol. The van der Waals surface area contributed by atoms with Gasteiger partial charge in [-0.15, -0.1) is 0 Å². The zero-order valence-corrected chi connectivity index (χ0v) is 12.9. The first-order valence-electron chi connectivity index (χ1n) is 7.36. The van der Waals surface area contributed by atoms with Crippen molar-refractivity contribution < 1.29 is 4.42 Å². The topological polar surface area (TPSA) is 25.2 Å². The lowest BCUT2D eigenvalue weighted by atomic mass is 9.82. The van der Waals surface area contributed by atoms with E-state index < -0.39 is 0 Å². The summed E-state index contributed by atoms with van der Waals surface area (Å²) < 4.78 is 5.77. The van der Waals surface area contributed by atoms with Gasteiger partial charge < -0.3 is 9.73 Å². The fourth-order valence-corrected chi connectivity index (χ4v) is 2.48. The second kappa shape index (κ2) is 6.27. The molecule has 1 unspecified atom stereocenters. The Hall–Kier alpha value is -1.54. The van der Waals surface area contributed by atoms with Gasteiger partial charge in [-0.1, -0.05) is 58.0 Å². The van der Waals surface area contributed by atoms with E-state index in [0.717, 1.165) is 24.5 Å². The van der Waals surface area contributed by atoms with Crippen LogP contribution in [-0.4, -0.2) is 0 Å². The van der Waals surface area contributed by atoms with E-state index in [1.807, 2.05) is 0 Å². The van der Waals surface area contributed by atoms with E-state index in [0.29, 0.717) is 6.04 Å². The minimum Gasteiger partial charge on any atom is -0.465 e. The van der Waals surface area contributed by atoms with Gasteiger partial charge in [0.15, 0.2) is 0 Å². The first-order valence-corrected chi connectivity index (χ1v) is 7.36. The molecule has 0 bridgehead atoms. The maximum Gasteiger partial charge on any atom is 0.117 e. The zero-order valence-electron chi connectivity index (χ0n) is 12.9. The second-order valence-corrected chi connectivity index (χ2v) is 6.31. The molecule has 1 N–H and O–H groups in total. The third-order valence-corrected chi connectivity index (χ3v) is 3.55. The van der Waals surface area contributed by atoms with E-state index in [9.17, 15) is 0 Å². The first kappa shape index (κ1) is 14.9. The van der Waals surface area contributed by atoms with Crippen LogP contribution < -0.4 is 5.32 Å². The fourth-order valence-electron chi connectivity index (χ4n) is 2.48.